The van der Waals surface area contributed by atoms with Crippen molar-refractivity contribution in [3.63, 3.8) is 0 Å². The molecule has 0 fully saturated rings. The van der Waals surface area contributed by atoms with Gasteiger partial charge in [-0.05, 0) is 43.5 Å². The van der Waals surface area contributed by atoms with Gasteiger partial charge in [0.15, 0.2) is 0 Å². The molecule has 0 aliphatic heterocycles. The van der Waals surface area contributed by atoms with E-state index < -0.39 is 0 Å². The highest BCUT2D eigenvalue weighted by Gasteiger charge is 2.18. The van der Waals surface area contributed by atoms with Crippen LogP contribution >= 0.6 is 0 Å². The van der Waals surface area contributed by atoms with Crippen LogP contribution < -0.4 is 9.64 Å². The molecule has 0 bridgehead atoms. The van der Waals surface area contributed by atoms with E-state index in [0.717, 1.165) is 16.8 Å². The zero-order valence-electron chi connectivity index (χ0n) is 17.3. The van der Waals surface area contributed by atoms with Gasteiger partial charge in [0, 0.05) is 29.9 Å². The first-order valence-corrected chi connectivity index (χ1v) is 9.44. The fraction of sp³-hybridized carbons (Fsp3) is 0.333. The van der Waals surface area contributed by atoms with Crippen LogP contribution in [0.25, 0.3) is 0 Å². The molecule has 0 N–H and O–H groups in total. The highest BCUT2D eigenvalue weighted by atomic mass is 16.5. The molecule has 0 radical (unpaired) electrons. The Hall–Kier alpha value is -3.06. The largest absolute Gasteiger partial charge is 0.481 e. The first-order valence-electron chi connectivity index (χ1n) is 9.44. The Morgan fingerprint density at radius 1 is 1.18 bits per heavy atom. The number of anilines is 1. The summed E-state index contributed by atoms with van der Waals surface area (Å²) in [5.74, 6) is 3.55. The number of hydrogen-bond acceptors (Lipinski definition) is 3. The molecule has 4 nitrogen and oxygen atoms in total. The van der Waals surface area contributed by atoms with E-state index in [1.807, 2.05) is 37.4 Å². The smallest absolute Gasteiger partial charge is 0.233 e. The number of carbonyl (C=O) groups is 1. The summed E-state index contributed by atoms with van der Waals surface area (Å²) in [6.07, 6.45) is 5.90. The number of carbonyl (C=O) groups excluding carboxylic acids is 1. The van der Waals surface area contributed by atoms with Crippen LogP contribution in [0.15, 0.2) is 47.5 Å². The molecule has 0 spiro atoms. The molecule has 0 saturated heterocycles. The normalized spacial score (nSPS) is 11.4. The van der Waals surface area contributed by atoms with Gasteiger partial charge in [0.25, 0.3) is 0 Å². The summed E-state index contributed by atoms with van der Waals surface area (Å²) in [5, 5.41) is 0. The predicted molar refractivity (Wildman–Crippen MR) is 117 cm³/mol. The van der Waals surface area contributed by atoms with Crippen LogP contribution in [0.4, 0.5) is 5.69 Å². The number of aliphatic imine (C=N–C) groups is 1. The van der Waals surface area contributed by atoms with E-state index in [2.05, 4.69) is 55.6 Å². The van der Waals surface area contributed by atoms with Crippen molar-refractivity contribution in [1.82, 2.24) is 0 Å². The Labute approximate surface area is 168 Å². The minimum atomic E-state index is 0.183. The highest BCUT2D eigenvalue weighted by Crippen LogP contribution is 2.29. The van der Waals surface area contributed by atoms with E-state index in [1.54, 1.807) is 0 Å². The number of benzene rings is 2. The maximum absolute atomic E-state index is 11.4. The molecule has 0 unspecified atom stereocenters. The Morgan fingerprint density at radius 2 is 1.86 bits per heavy atom. The standard InChI is InChI=1S/C24H28N2O2/c1-7-14-28-21-12-13-23(26(6)18(4)5)22(15-21)24(25-16-27)20-10-8-19(9-11-20)17(2)3/h1,8-13,15-18H,14H2,2-6H3. The number of nitrogens with zero attached hydrogens (tertiary/aromatic N) is 2. The Bertz CT molecular complexity index is 874. The van der Waals surface area contributed by atoms with Crippen molar-refractivity contribution < 1.29 is 9.53 Å². The van der Waals surface area contributed by atoms with Crippen LogP contribution in [-0.4, -0.2) is 31.8 Å². The van der Waals surface area contributed by atoms with Crippen molar-refractivity contribution in [1.29, 1.82) is 0 Å². The topological polar surface area (TPSA) is 41.9 Å². The van der Waals surface area contributed by atoms with Crippen LogP contribution in [0.3, 0.4) is 0 Å². The van der Waals surface area contributed by atoms with Gasteiger partial charge in [0.05, 0.1) is 5.71 Å². The Morgan fingerprint density at radius 3 is 2.39 bits per heavy atom. The average Bonchev–Trinajstić information content (AvgIpc) is 2.69. The first-order chi connectivity index (χ1) is 13.4. The Balaban J connectivity index is 2.61. The lowest BCUT2D eigenvalue weighted by Crippen LogP contribution is -2.27. The van der Waals surface area contributed by atoms with Crippen molar-refractivity contribution in [3.05, 3.63) is 59.2 Å². The fourth-order valence-electron chi connectivity index (χ4n) is 2.88. The first kappa shape index (κ1) is 21.2. The molecule has 146 valence electrons. The second-order valence-corrected chi connectivity index (χ2v) is 7.24. The molecule has 2 rings (SSSR count). The van der Waals surface area contributed by atoms with Gasteiger partial charge >= 0.3 is 0 Å². The van der Waals surface area contributed by atoms with Gasteiger partial charge < -0.3 is 9.64 Å². The van der Waals surface area contributed by atoms with Gasteiger partial charge in [-0.1, -0.05) is 44.0 Å². The van der Waals surface area contributed by atoms with Crippen LogP contribution in [0.1, 0.15) is 50.3 Å². The van der Waals surface area contributed by atoms with Crippen molar-refractivity contribution in [2.75, 3.05) is 18.6 Å². The molecule has 0 heterocycles. The van der Waals surface area contributed by atoms with Crippen LogP contribution in [0, 0.1) is 12.3 Å². The average molecular weight is 377 g/mol. The summed E-state index contributed by atoms with van der Waals surface area (Å²) in [6, 6.07) is 14.2. The van der Waals surface area contributed by atoms with Crippen molar-refractivity contribution in [2.24, 2.45) is 4.99 Å². The van der Waals surface area contributed by atoms with E-state index in [0.29, 0.717) is 23.8 Å². The monoisotopic (exact) mass is 376 g/mol. The molecule has 0 aliphatic rings. The van der Waals surface area contributed by atoms with Crippen LogP contribution in [0.5, 0.6) is 5.75 Å². The third-order valence-electron chi connectivity index (χ3n) is 4.73. The maximum atomic E-state index is 11.4. The van der Waals surface area contributed by atoms with Gasteiger partial charge in [-0.3, -0.25) is 4.79 Å². The second-order valence-electron chi connectivity index (χ2n) is 7.24. The fourth-order valence-corrected chi connectivity index (χ4v) is 2.88. The molecule has 1 amide bonds. The number of amides is 1. The molecule has 2 aromatic rings. The van der Waals surface area contributed by atoms with Gasteiger partial charge in [-0.2, -0.15) is 0 Å². The zero-order chi connectivity index (χ0) is 20.7. The van der Waals surface area contributed by atoms with E-state index in [1.165, 1.54) is 5.56 Å². The predicted octanol–water partition coefficient (Wildman–Crippen LogP) is 4.66. The molecule has 28 heavy (non-hydrogen) atoms. The van der Waals surface area contributed by atoms with Crippen molar-refractivity contribution >= 4 is 17.8 Å². The molecular formula is C24H28N2O2. The van der Waals surface area contributed by atoms with Gasteiger partial charge in [0.1, 0.15) is 12.4 Å². The highest BCUT2D eigenvalue weighted by molar-refractivity contribution is 6.18. The molecule has 0 aliphatic carbocycles. The Kier molecular flexibility index (Phi) is 7.40. The summed E-state index contributed by atoms with van der Waals surface area (Å²) in [7, 11) is 2.02. The lowest BCUT2D eigenvalue weighted by molar-refractivity contribution is -0.106. The minimum absolute atomic E-state index is 0.183. The number of ether oxygens (including phenoxy) is 1. The van der Waals surface area contributed by atoms with E-state index in [9.17, 15) is 4.79 Å². The van der Waals surface area contributed by atoms with Crippen molar-refractivity contribution in [3.8, 4) is 18.1 Å². The molecule has 0 saturated carbocycles. The minimum Gasteiger partial charge on any atom is -0.481 e. The van der Waals surface area contributed by atoms with Crippen LogP contribution in [0.2, 0.25) is 0 Å². The number of rotatable bonds is 8. The van der Waals surface area contributed by atoms with Gasteiger partial charge in [-0.25, -0.2) is 4.99 Å². The quantitative estimate of drug-likeness (QED) is 0.382. The third kappa shape index (κ3) is 5.01. The summed E-state index contributed by atoms with van der Waals surface area (Å²) in [5.41, 5.74) is 4.52. The third-order valence-corrected chi connectivity index (χ3v) is 4.73. The van der Waals surface area contributed by atoms with E-state index in [4.69, 9.17) is 11.2 Å². The summed E-state index contributed by atoms with van der Waals surface area (Å²) >= 11 is 0. The molecule has 0 aromatic heterocycles. The van der Waals surface area contributed by atoms with Crippen molar-refractivity contribution in [2.45, 2.75) is 39.7 Å². The maximum Gasteiger partial charge on any atom is 0.233 e. The van der Waals surface area contributed by atoms with E-state index in [-0.39, 0.29) is 12.6 Å². The summed E-state index contributed by atoms with van der Waals surface area (Å²) in [6.45, 7) is 8.71. The zero-order valence-corrected chi connectivity index (χ0v) is 17.3. The lowest BCUT2D eigenvalue weighted by Gasteiger charge is -2.27. The van der Waals surface area contributed by atoms with E-state index >= 15 is 0 Å². The van der Waals surface area contributed by atoms with Crippen LogP contribution in [-0.2, 0) is 4.79 Å². The lowest BCUT2D eigenvalue weighted by atomic mass is 9.96. The number of terminal acetylenes is 1. The summed E-state index contributed by atoms with van der Waals surface area (Å²) in [4.78, 5) is 17.7. The van der Waals surface area contributed by atoms with Gasteiger partial charge in [-0.15, -0.1) is 6.42 Å². The molecule has 2 aromatic carbocycles. The SMILES string of the molecule is C#CCOc1ccc(N(C)C(C)C)c(C(=NC=O)c2ccc(C(C)C)cc2)c1. The molecule has 4 heteroatoms. The van der Waals surface area contributed by atoms with Gasteiger partial charge in [0.2, 0.25) is 6.41 Å². The second kappa shape index (κ2) is 9.75. The molecule has 0 atom stereocenters. The molecular weight excluding hydrogens is 348 g/mol. The summed E-state index contributed by atoms with van der Waals surface area (Å²) < 4.78 is 5.61. The number of hydrogen-bond donors (Lipinski definition) is 0.